The van der Waals surface area contributed by atoms with E-state index in [1.807, 2.05) is 88.4 Å². The predicted octanol–water partition coefficient (Wildman–Crippen LogP) is 7.29. The van der Waals surface area contributed by atoms with Crippen LogP contribution in [0.1, 0.15) is 46.6 Å². The molecule has 4 aromatic rings. The van der Waals surface area contributed by atoms with Crippen molar-refractivity contribution in [1.82, 2.24) is 0 Å². The van der Waals surface area contributed by atoms with Crippen LogP contribution in [0.5, 0.6) is 0 Å². The molecule has 176 valence electrons. The van der Waals surface area contributed by atoms with E-state index < -0.39 is 27.7 Å². The topological polar surface area (TPSA) is 52.6 Å². The zero-order valence-electron chi connectivity index (χ0n) is 20.1. The maximum absolute atomic E-state index is 12.8. The van der Waals surface area contributed by atoms with Crippen LogP contribution in [0.25, 0.3) is 22.3 Å². The number of hydrogen-bond acceptors (Lipinski definition) is 6. The van der Waals surface area contributed by atoms with Gasteiger partial charge in [-0.1, -0.05) is 0 Å². The average Bonchev–Trinajstić information content (AvgIpc) is 3.46. The fourth-order valence-electron chi connectivity index (χ4n) is 4.05. The molecule has 0 aliphatic rings. The zero-order chi connectivity index (χ0) is 24.9. The van der Waals surface area contributed by atoms with E-state index in [1.165, 1.54) is 0 Å². The van der Waals surface area contributed by atoms with Crippen molar-refractivity contribution in [3.05, 3.63) is 92.3 Å². The van der Waals surface area contributed by atoms with Crippen molar-refractivity contribution in [2.45, 2.75) is 39.5 Å². The first-order valence-electron chi connectivity index (χ1n) is 11.4. The van der Waals surface area contributed by atoms with Crippen molar-refractivity contribution < 1.29 is 17.2 Å². The molecular weight excluding hydrogens is 491 g/mol. The van der Waals surface area contributed by atoms with Gasteiger partial charge in [-0.15, -0.1) is 0 Å². The van der Waals surface area contributed by atoms with Crippen molar-refractivity contribution in [2.75, 3.05) is 0 Å². The molecule has 35 heavy (non-hydrogen) atoms. The number of hydrogen-bond donors (Lipinski definition) is 0. The third kappa shape index (κ3) is 5.60. The van der Waals surface area contributed by atoms with Gasteiger partial charge in [0.25, 0.3) is 0 Å². The summed E-state index contributed by atoms with van der Waals surface area (Å²) >= 11 is 1.86. The fraction of sp³-hybridized carbons (Fsp3) is 0.214. The second-order valence-electron chi connectivity index (χ2n) is 8.46. The number of benzene rings is 2. The first-order chi connectivity index (χ1) is 16.9. The Morgan fingerprint density at radius 1 is 0.686 bits per heavy atom. The van der Waals surface area contributed by atoms with Crippen molar-refractivity contribution >= 4 is 50.5 Å². The molecule has 0 spiro atoms. The molecule has 0 saturated heterocycles. The Hall–Kier alpha value is -2.69. The summed E-state index contributed by atoms with van der Waals surface area (Å²) < 4.78 is 10.9. The predicted molar refractivity (Wildman–Crippen MR) is 144 cm³/mol. The molecule has 0 amide bonds. The number of thiophene rings is 2. The minimum atomic E-state index is -1.24. The summed E-state index contributed by atoms with van der Waals surface area (Å²) in [7, 11) is 0. The van der Waals surface area contributed by atoms with E-state index in [0.29, 0.717) is 0 Å². The molecule has 7 heteroatoms. The number of carbonyl (C=O) groups excluding carboxylic acids is 2. The molecule has 0 aliphatic carbocycles. The summed E-state index contributed by atoms with van der Waals surface area (Å²) in [6, 6.07) is 20.1. The van der Waals surface area contributed by atoms with E-state index in [1.54, 1.807) is 22.7 Å². The summed E-state index contributed by atoms with van der Waals surface area (Å²) in [4.78, 5) is 27.5. The van der Waals surface area contributed by atoms with Crippen LogP contribution in [0, 0.1) is 13.8 Å². The summed E-state index contributed by atoms with van der Waals surface area (Å²) in [5, 5.41) is 4.12. The molecule has 2 aromatic heterocycles. The number of rotatable bonds is 8. The normalized spacial score (nSPS) is 12.5. The molecule has 0 fully saturated rings. The minimum absolute atomic E-state index is 0.378. The first-order valence-corrected chi connectivity index (χ1v) is 14.1. The van der Waals surface area contributed by atoms with Crippen LogP contribution in [0.2, 0.25) is 0 Å². The number of carbonyl (C=O) groups is 2. The Morgan fingerprint density at radius 2 is 1.06 bits per heavy atom. The van der Waals surface area contributed by atoms with Gasteiger partial charge in [0.05, 0.1) is 0 Å². The second kappa shape index (κ2) is 11.4. The average molecular weight is 518 g/mol. The standard InChI is InChI=1S/2C14H14O2S.Al/c2*1-9-8-17-13(10(2)14(15)16)12(9)11-6-4-3-5-7-11;/h2*3-8,10H,1-2H3,(H,15,16);/q;;+3/p-2. The SMILES string of the molecule is Cc1csc(C(C)C(=O)[O][Al+][O]C(=O)C(C)c2scc(C)c2-c2ccccc2)c1-c1ccccc1. The molecule has 4 nitrogen and oxygen atoms in total. The second-order valence-corrected chi connectivity index (χ2v) is 10.9. The third-order valence-electron chi connectivity index (χ3n) is 5.95. The van der Waals surface area contributed by atoms with Gasteiger partial charge in [0.1, 0.15) is 0 Å². The summed E-state index contributed by atoms with van der Waals surface area (Å²) in [6.45, 7) is 7.77. The summed E-state index contributed by atoms with van der Waals surface area (Å²) in [5.74, 6) is -1.65. The summed E-state index contributed by atoms with van der Waals surface area (Å²) in [6.07, 6.45) is 0. The van der Waals surface area contributed by atoms with Crippen LogP contribution in [-0.2, 0) is 17.2 Å². The van der Waals surface area contributed by atoms with Crippen LogP contribution in [0.15, 0.2) is 71.4 Å². The molecule has 0 bridgehead atoms. The first kappa shape index (κ1) is 25.4. The van der Waals surface area contributed by atoms with Crippen molar-refractivity contribution in [1.29, 1.82) is 0 Å². The van der Waals surface area contributed by atoms with Gasteiger partial charge in [-0.2, -0.15) is 0 Å². The van der Waals surface area contributed by atoms with Crippen LogP contribution >= 0.6 is 22.7 Å². The van der Waals surface area contributed by atoms with E-state index in [9.17, 15) is 9.59 Å². The quantitative estimate of drug-likeness (QED) is 0.230. The van der Waals surface area contributed by atoms with Gasteiger partial charge in [-0.05, 0) is 0 Å². The van der Waals surface area contributed by atoms with E-state index in [0.717, 1.165) is 43.1 Å². The van der Waals surface area contributed by atoms with Crippen LogP contribution < -0.4 is 0 Å². The molecule has 2 aromatic carbocycles. The van der Waals surface area contributed by atoms with Gasteiger partial charge in [0, 0.05) is 0 Å². The molecule has 0 saturated carbocycles. The fourth-order valence-corrected chi connectivity index (χ4v) is 6.94. The molecule has 0 aliphatic heterocycles. The summed E-state index contributed by atoms with van der Waals surface area (Å²) in [5.41, 5.74) is 6.56. The molecule has 0 radical (unpaired) electrons. The molecule has 2 atom stereocenters. The molecule has 2 unspecified atom stereocenters. The van der Waals surface area contributed by atoms with Gasteiger partial charge >= 0.3 is 222 Å². The van der Waals surface area contributed by atoms with E-state index in [4.69, 9.17) is 7.58 Å². The van der Waals surface area contributed by atoms with Gasteiger partial charge in [0.2, 0.25) is 0 Å². The third-order valence-corrected chi connectivity index (χ3v) is 9.18. The molecule has 2 heterocycles. The Labute approximate surface area is 220 Å². The Bertz CT molecular complexity index is 1210. The van der Waals surface area contributed by atoms with Crippen LogP contribution in [-0.4, -0.2) is 27.8 Å². The van der Waals surface area contributed by atoms with E-state index >= 15 is 0 Å². The van der Waals surface area contributed by atoms with Gasteiger partial charge in [-0.25, -0.2) is 0 Å². The molecule has 0 N–H and O–H groups in total. The van der Waals surface area contributed by atoms with E-state index in [-0.39, 0.29) is 11.9 Å². The molecular formula is C28H26AlO4S2+. The van der Waals surface area contributed by atoms with Gasteiger partial charge < -0.3 is 0 Å². The monoisotopic (exact) mass is 517 g/mol. The Balaban J connectivity index is 1.39. The maximum atomic E-state index is 12.8. The van der Waals surface area contributed by atoms with Crippen molar-refractivity contribution in [3.63, 3.8) is 0 Å². The molecule has 4 rings (SSSR count). The van der Waals surface area contributed by atoms with Crippen molar-refractivity contribution in [3.8, 4) is 22.3 Å². The Morgan fingerprint density at radius 3 is 1.43 bits per heavy atom. The van der Waals surface area contributed by atoms with Gasteiger partial charge in [0.15, 0.2) is 0 Å². The van der Waals surface area contributed by atoms with E-state index in [2.05, 4.69) is 10.8 Å². The number of aryl methyl sites for hydroxylation is 2. The van der Waals surface area contributed by atoms with Crippen LogP contribution in [0.3, 0.4) is 0 Å². The Kier molecular flexibility index (Phi) is 8.25. The van der Waals surface area contributed by atoms with Gasteiger partial charge in [-0.3, -0.25) is 0 Å². The zero-order valence-corrected chi connectivity index (χ0v) is 22.9. The van der Waals surface area contributed by atoms with Crippen molar-refractivity contribution in [2.24, 2.45) is 0 Å². The van der Waals surface area contributed by atoms with Crippen LogP contribution in [0.4, 0.5) is 0 Å².